The van der Waals surface area contributed by atoms with E-state index >= 15 is 0 Å². The highest BCUT2D eigenvalue weighted by Gasteiger charge is 2.19. The number of benzene rings is 2. The van der Waals surface area contributed by atoms with Crippen molar-refractivity contribution in [1.82, 2.24) is 5.32 Å². The van der Waals surface area contributed by atoms with E-state index in [9.17, 15) is 4.79 Å². The molecule has 1 amide bonds. The van der Waals surface area contributed by atoms with Crippen LogP contribution in [0.15, 0.2) is 40.8 Å². The highest BCUT2D eigenvalue weighted by Crippen LogP contribution is 2.30. The van der Waals surface area contributed by atoms with Gasteiger partial charge in [-0.3, -0.25) is 4.79 Å². The maximum Gasteiger partial charge on any atom is 0.287 e. The Morgan fingerprint density at radius 3 is 2.58 bits per heavy atom. The Balaban J connectivity index is 1.67. The Bertz CT molecular complexity index is 948. The van der Waals surface area contributed by atoms with Crippen molar-refractivity contribution >= 4 is 40.1 Å². The number of carbonyl (C=O) groups excluding carboxylic acids is 1. The van der Waals surface area contributed by atoms with Gasteiger partial charge in [0.05, 0.1) is 6.54 Å². The van der Waals surface area contributed by atoms with Gasteiger partial charge in [0.15, 0.2) is 5.76 Å². The van der Waals surface area contributed by atoms with Gasteiger partial charge in [0, 0.05) is 21.0 Å². The highest BCUT2D eigenvalue weighted by atomic mass is 35.5. The number of hydrogen-bond acceptors (Lipinski definition) is 3. The molecule has 1 N–H and O–H groups in total. The van der Waals surface area contributed by atoms with Crippen LogP contribution in [-0.2, 0) is 0 Å². The standard InChI is InChI=1S/C20H19Cl2NO3/c1-11-8-18-16(9-17(11)22)13(3)19(26-18)20(24)23-10-12(2)25-15-6-4-14(21)5-7-15/h4-9,12H,10H2,1-3H3,(H,23,24)/t12-/m0/s1. The lowest BCUT2D eigenvalue weighted by molar-refractivity contribution is 0.0906. The van der Waals surface area contributed by atoms with Gasteiger partial charge in [-0.05, 0) is 62.7 Å². The molecule has 0 saturated heterocycles. The van der Waals surface area contributed by atoms with Crippen molar-refractivity contribution < 1.29 is 13.9 Å². The fourth-order valence-electron chi connectivity index (χ4n) is 2.66. The minimum Gasteiger partial charge on any atom is -0.489 e. The van der Waals surface area contributed by atoms with Gasteiger partial charge < -0.3 is 14.5 Å². The van der Waals surface area contributed by atoms with E-state index < -0.39 is 0 Å². The predicted molar refractivity (Wildman–Crippen MR) is 105 cm³/mol. The summed E-state index contributed by atoms with van der Waals surface area (Å²) in [6.45, 7) is 5.97. The Labute approximate surface area is 162 Å². The van der Waals surface area contributed by atoms with E-state index in [0.29, 0.717) is 33.7 Å². The molecule has 0 radical (unpaired) electrons. The molecule has 1 atom stereocenters. The number of carbonyl (C=O) groups is 1. The zero-order valence-corrected chi connectivity index (χ0v) is 16.2. The number of hydrogen-bond donors (Lipinski definition) is 1. The molecule has 0 aliphatic heterocycles. The number of fused-ring (bicyclic) bond motifs is 1. The fraction of sp³-hybridized carbons (Fsp3) is 0.250. The number of furan rings is 1. The van der Waals surface area contributed by atoms with Crippen molar-refractivity contribution in [2.75, 3.05) is 6.54 Å². The first kappa shape index (κ1) is 18.6. The van der Waals surface area contributed by atoms with Crippen LogP contribution in [0.2, 0.25) is 10.0 Å². The first-order valence-corrected chi connectivity index (χ1v) is 9.00. The van der Waals surface area contributed by atoms with Crippen LogP contribution in [-0.4, -0.2) is 18.6 Å². The summed E-state index contributed by atoms with van der Waals surface area (Å²) in [5.74, 6) is 0.709. The molecule has 0 fully saturated rings. The molecule has 2 aromatic carbocycles. The molecule has 4 nitrogen and oxygen atoms in total. The van der Waals surface area contributed by atoms with Crippen LogP contribution in [0.4, 0.5) is 0 Å². The first-order valence-electron chi connectivity index (χ1n) is 8.25. The number of ether oxygens (including phenoxy) is 1. The first-order chi connectivity index (χ1) is 12.3. The summed E-state index contributed by atoms with van der Waals surface area (Å²) >= 11 is 12.0. The molecule has 0 bridgehead atoms. The van der Waals surface area contributed by atoms with E-state index in [2.05, 4.69) is 5.32 Å². The minimum atomic E-state index is -0.279. The van der Waals surface area contributed by atoms with Crippen molar-refractivity contribution in [3.8, 4) is 5.75 Å². The molecule has 0 unspecified atom stereocenters. The van der Waals surface area contributed by atoms with Crippen molar-refractivity contribution in [3.05, 3.63) is 63.3 Å². The molecule has 0 aliphatic rings. The zero-order valence-electron chi connectivity index (χ0n) is 14.7. The molecular weight excluding hydrogens is 373 g/mol. The lowest BCUT2D eigenvalue weighted by Gasteiger charge is -2.15. The van der Waals surface area contributed by atoms with E-state index in [-0.39, 0.29) is 12.0 Å². The van der Waals surface area contributed by atoms with Gasteiger partial charge in [-0.1, -0.05) is 23.2 Å². The van der Waals surface area contributed by atoms with Crippen LogP contribution in [0.5, 0.6) is 5.75 Å². The second-order valence-corrected chi connectivity index (χ2v) is 7.09. The molecule has 0 saturated carbocycles. The molecule has 3 rings (SSSR count). The summed E-state index contributed by atoms with van der Waals surface area (Å²) in [6, 6.07) is 10.8. The van der Waals surface area contributed by atoms with Gasteiger partial charge in [-0.25, -0.2) is 0 Å². The zero-order chi connectivity index (χ0) is 18.8. The summed E-state index contributed by atoms with van der Waals surface area (Å²) in [5, 5.41) is 4.99. The van der Waals surface area contributed by atoms with Crippen molar-refractivity contribution in [3.63, 3.8) is 0 Å². The van der Waals surface area contributed by atoms with Crippen LogP contribution in [0.25, 0.3) is 11.0 Å². The van der Waals surface area contributed by atoms with Crippen LogP contribution >= 0.6 is 23.2 Å². The average Bonchev–Trinajstić information content (AvgIpc) is 2.91. The topological polar surface area (TPSA) is 51.5 Å². The second-order valence-electron chi connectivity index (χ2n) is 6.25. The molecule has 136 valence electrons. The van der Waals surface area contributed by atoms with Crippen LogP contribution in [0.1, 0.15) is 28.6 Å². The molecule has 0 spiro atoms. The van der Waals surface area contributed by atoms with Gasteiger partial charge in [0.25, 0.3) is 5.91 Å². The van der Waals surface area contributed by atoms with E-state index in [1.54, 1.807) is 24.3 Å². The minimum absolute atomic E-state index is 0.207. The van der Waals surface area contributed by atoms with Gasteiger partial charge in [0.2, 0.25) is 0 Å². The summed E-state index contributed by atoms with van der Waals surface area (Å²) in [5.41, 5.74) is 2.33. The monoisotopic (exact) mass is 391 g/mol. The Morgan fingerprint density at radius 2 is 1.88 bits per heavy atom. The average molecular weight is 392 g/mol. The van der Waals surface area contributed by atoms with Crippen LogP contribution < -0.4 is 10.1 Å². The molecule has 0 aliphatic carbocycles. The lowest BCUT2D eigenvalue weighted by atomic mass is 10.1. The number of rotatable bonds is 5. The summed E-state index contributed by atoms with van der Waals surface area (Å²) in [4.78, 5) is 12.5. The van der Waals surface area contributed by atoms with Crippen molar-refractivity contribution in [2.45, 2.75) is 26.9 Å². The molecule has 1 heterocycles. The van der Waals surface area contributed by atoms with Gasteiger partial charge in [-0.2, -0.15) is 0 Å². The van der Waals surface area contributed by atoms with Crippen LogP contribution in [0, 0.1) is 13.8 Å². The smallest absolute Gasteiger partial charge is 0.287 e. The number of amides is 1. The Morgan fingerprint density at radius 1 is 1.19 bits per heavy atom. The molecule has 6 heteroatoms. The summed E-state index contributed by atoms with van der Waals surface area (Å²) < 4.78 is 11.5. The van der Waals surface area contributed by atoms with E-state index in [1.165, 1.54) is 0 Å². The van der Waals surface area contributed by atoms with E-state index in [4.69, 9.17) is 32.4 Å². The maximum absolute atomic E-state index is 12.5. The van der Waals surface area contributed by atoms with Gasteiger partial charge >= 0.3 is 0 Å². The SMILES string of the molecule is Cc1cc2oc(C(=O)NC[C@H](C)Oc3ccc(Cl)cc3)c(C)c2cc1Cl. The van der Waals surface area contributed by atoms with E-state index in [0.717, 1.165) is 16.5 Å². The molecule has 26 heavy (non-hydrogen) atoms. The largest absolute Gasteiger partial charge is 0.489 e. The number of nitrogens with one attached hydrogen (secondary N) is 1. The second kappa shape index (κ2) is 7.60. The highest BCUT2D eigenvalue weighted by molar-refractivity contribution is 6.32. The van der Waals surface area contributed by atoms with E-state index in [1.807, 2.05) is 32.9 Å². The number of halogens is 2. The summed E-state index contributed by atoms with van der Waals surface area (Å²) in [6.07, 6.45) is -0.207. The third-order valence-corrected chi connectivity index (χ3v) is 4.78. The van der Waals surface area contributed by atoms with Gasteiger partial charge in [0.1, 0.15) is 17.4 Å². The van der Waals surface area contributed by atoms with Crippen molar-refractivity contribution in [1.29, 1.82) is 0 Å². The summed E-state index contributed by atoms with van der Waals surface area (Å²) in [7, 11) is 0. The van der Waals surface area contributed by atoms with Crippen LogP contribution in [0.3, 0.4) is 0 Å². The third-order valence-electron chi connectivity index (χ3n) is 4.12. The maximum atomic E-state index is 12.5. The normalized spacial score (nSPS) is 12.2. The quantitative estimate of drug-likeness (QED) is 0.619. The fourth-order valence-corrected chi connectivity index (χ4v) is 2.95. The number of aryl methyl sites for hydroxylation is 2. The molecule has 3 aromatic rings. The predicted octanol–water partition coefficient (Wildman–Crippen LogP) is 5.55. The molecule has 1 aromatic heterocycles. The lowest BCUT2D eigenvalue weighted by Crippen LogP contribution is -2.33. The Kier molecular flexibility index (Phi) is 5.44. The third kappa shape index (κ3) is 3.97. The molecular formula is C20H19Cl2NO3. The van der Waals surface area contributed by atoms with Crippen molar-refractivity contribution in [2.24, 2.45) is 0 Å². The van der Waals surface area contributed by atoms with Gasteiger partial charge in [-0.15, -0.1) is 0 Å². The Hall–Kier alpha value is -2.17.